The molecule has 0 aliphatic heterocycles. The van der Waals surface area contributed by atoms with E-state index in [1.54, 1.807) is 23.5 Å². The molecule has 8 heteroatoms. The van der Waals surface area contributed by atoms with E-state index in [0.29, 0.717) is 5.56 Å². The van der Waals surface area contributed by atoms with Gasteiger partial charge in [0.2, 0.25) is 5.91 Å². The summed E-state index contributed by atoms with van der Waals surface area (Å²) in [5.74, 6) is -0.951. The molecule has 1 saturated carbocycles. The third kappa shape index (κ3) is 4.11. The summed E-state index contributed by atoms with van der Waals surface area (Å²) < 4.78 is 25.0. The molecule has 4 rings (SSSR count). The van der Waals surface area contributed by atoms with E-state index in [1.165, 1.54) is 6.07 Å². The molecule has 3 aromatic rings. The molecule has 1 aromatic heterocycles. The van der Waals surface area contributed by atoms with Crippen molar-refractivity contribution in [2.45, 2.75) is 42.4 Å². The molecule has 158 valence electrons. The fraction of sp³-hybridized carbons (Fsp3) is 0.364. The van der Waals surface area contributed by atoms with Gasteiger partial charge in [-0.25, -0.2) is 13.4 Å². The van der Waals surface area contributed by atoms with Crippen molar-refractivity contribution in [2.24, 2.45) is 11.7 Å². The van der Waals surface area contributed by atoms with Crippen molar-refractivity contribution in [3.05, 3.63) is 58.1 Å². The van der Waals surface area contributed by atoms with Crippen LogP contribution in [0.5, 0.6) is 0 Å². The Morgan fingerprint density at radius 3 is 2.50 bits per heavy atom. The van der Waals surface area contributed by atoms with E-state index in [9.17, 15) is 13.2 Å². The Morgan fingerprint density at radius 2 is 1.90 bits per heavy atom. The van der Waals surface area contributed by atoms with Crippen molar-refractivity contribution < 1.29 is 13.2 Å². The minimum absolute atomic E-state index is 0.0496. The number of amides is 1. The zero-order chi connectivity index (χ0) is 21.5. The number of carbonyl (C=O) groups is 1. The van der Waals surface area contributed by atoms with Gasteiger partial charge in [0.05, 0.1) is 31.1 Å². The van der Waals surface area contributed by atoms with Crippen LogP contribution in [0.25, 0.3) is 10.2 Å². The average Bonchev–Trinajstić information content (AvgIpc) is 3.34. The standard InChI is InChI=1S/C22H23ClN2O3S2/c1-30(27,28)18-11-10-14(12-15(18)23)19(21(24)26)20(13-6-2-3-7-13)22-25-16-8-4-5-9-17(16)29-22/h4-5,8-13,19-20H,2-3,6-7H2,1H3,(H2,24,26). The maximum absolute atomic E-state index is 12.7. The van der Waals surface area contributed by atoms with Crippen LogP contribution in [0.15, 0.2) is 47.4 Å². The van der Waals surface area contributed by atoms with E-state index in [-0.39, 0.29) is 21.8 Å². The average molecular weight is 463 g/mol. The largest absolute Gasteiger partial charge is 0.369 e. The minimum atomic E-state index is -3.46. The molecule has 0 saturated heterocycles. The Hall–Kier alpha value is -1.96. The Bertz CT molecular complexity index is 1170. The number of para-hydroxylation sites is 1. The topological polar surface area (TPSA) is 90.1 Å². The highest BCUT2D eigenvalue weighted by Crippen LogP contribution is 2.47. The van der Waals surface area contributed by atoms with Crippen LogP contribution >= 0.6 is 22.9 Å². The smallest absolute Gasteiger partial charge is 0.225 e. The summed E-state index contributed by atoms with van der Waals surface area (Å²) in [5.41, 5.74) is 7.47. The van der Waals surface area contributed by atoms with Crippen molar-refractivity contribution >= 4 is 48.9 Å². The highest BCUT2D eigenvalue weighted by Gasteiger charge is 2.39. The summed E-state index contributed by atoms with van der Waals surface area (Å²) in [7, 11) is -3.46. The van der Waals surface area contributed by atoms with E-state index >= 15 is 0 Å². The minimum Gasteiger partial charge on any atom is -0.369 e. The lowest BCUT2D eigenvalue weighted by Crippen LogP contribution is -2.30. The summed E-state index contributed by atoms with van der Waals surface area (Å²) in [6, 6.07) is 12.6. The fourth-order valence-electron chi connectivity index (χ4n) is 4.53. The van der Waals surface area contributed by atoms with Crippen molar-refractivity contribution in [3.63, 3.8) is 0 Å². The van der Waals surface area contributed by atoms with Gasteiger partial charge in [-0.1, -0.05) is 42.6 Å². The molecule has 2 atom stereocenters. The van der Waals surface area contributed by atoms with Gasteiger partial charge in [0.15, 0.2) is 9.84 Å². The van der Waals surface area contributed by atoms with Crippen molar-refractivity contribution in [1.82, 2.24) is 4.98 Å². The van der Waals surface area contributed by atoms with E-state index in [4.69, 9.17) is 22.3 Å². The molecule has 1 fully saturated rings. The van der Waals surface area contributed by atoms with E-state index in [1.807, 2.05) is 24.3 Å². The highest BCUT2D eigenvalue weighted by atomic mass is 35.5. The molecule has 2 unspecified atom stereocenters. The molecular formula is C22H23ClN2O3S2. The number of halogens is 1. The number of primary amides is 1. The fourth-order valence-corrected chi connectivity index (χ4v) is 7.06. The summed E-state index contributed by atoms with van der Waals surface area (Å²) in [4.78, 5) is 17.6. The van der Waals surface area contributed by atoms with Gasteiger partial charge in [0, 0.05) is 12.2 Å². The first-order chi connectivity index (χ1) is 14.3. The van der Waals surface area contributed by atoms with Crippen molar-refractivity contribution in [3.8, 4) is 0 Å². The second kappa shape index (κ2) is 8.29. The lowest BCUT2D eigenvalue weighted by molar-refractivity contribution is -0.120. The number of rotatable bonds is 6. The molecule has 0 spiro atoms. The maximum atomic E-state index is 12.7. The van der Waals surface area contributed by atoms with Gasteiger partial charge in [-0.3, -0.25) is 4.79 Å². The molecule has 1 amide bonds. The van der Waals surface area contributed by atoms with Gasteiger partial charge < -0.3 is 5.73 Å². The normalized spacial score (nSPS) is 17.3. The van der Waals surface area contributed by atoms with Gasteiger partial charge in [-0.05, 0) is 48.6 Å². The Morgan fingerprint density at radius 1 is 1.20 bits per heavy atom. The first kappa shape index (κ1) is 21.3. The maximum Gasteiger partial charge on any atom is 0.225 e. The second-order valence-corrected chi connectivity index (χ2v) is 11.4. The third-order valence-electron chi connectivity index (χ3n) is 5.88. The number of benzene rings is 2. The van der Waals surface area contributed by atoms with Gasteiger partial charge in [-0.15, -0.1) is 11.3 Å². The summed E-state index contributed by atoms with van der Waals surface area (Å²) in [5, 5.41) is 1.01. The predicted molar refractivity (Wildman–Crippen MR) is 121 cm³/mol. The van der Waals surface area contributed by atoms with Crippen LogP contribution in [-0.4, -0.2) is 25.6 Å². The number of carbonyl (C=O) groups excluding carboxylic acids is 1. The van der Waals surface area contributed by atoms with E-state index in [2.05, 4.69) is 0 Å². The zero-order valence-electron chi connectivity index (χ0n) is 16.5. The van der Waals surface area contributed by atoms with Crippen LogP contribution < -0.4 is 5.73 Å². The number of aromatic nitrogens is 1. The first-order valence-electron chi connectivity index (χ1n) is 9.90. The highest BCUT2D eigenvalue weighted by molar-refractivity contribution is 7.90. The Balaban J connectivity index is 1.84. The number of hydrogen-bond acceptors (Lipinski definition) is 5. The van der Waals surface area contributed by atoms with Crippen LogP contribution in [0.2, 0.25) is 5.02 Å². The van der Waals surface area contributed by atoms with E-state index < -0.39 is 21.7 Å². The van der Waals surface area contributed by atoms with Gasteiger partial charge in [-0.2, -0.15) is 0 Å². The summed E-state index contributed by atoms with van der Waals surface area (Å²) >= 11 is 7.89. The number of sulfone groups is 1. The van der Waals surface area contributed by atoms with Gasteiger partial charge in [0.25, 0.3) is 0 Å². The van der Waals surface area contributed by atoms with Crippen molar-refractivity contribution in [1.29, 1.82) is 0 Å². The quantitative estimate of drug-likeness (QED) is 0.564. The molecule has 2 N–H and O–H groups in total. The number of nitrogens with zero attached hydrogens (tertiary/aromatic N) is 1. The number of nitrogens with two attached hydrogens (primary N) is 1. The monoisotopic (exact) mass is 462 g/mol. The van der Waals surface area contributed by atoms with Crippen LogP contribution in [0.1, 0.15) is 48.1 Å². The molecule has 1 aliphatic rings. The zero-order valence-corrected chi connectivity index (χ0v) is 18.9. The van der Waals surface area contributed by atoms with Crippen LogP contribution in [0.4, 0.5) is 0 Å². The SMILES string of the molecule is CS(=O)(=O)c1ccc(C(C(N)=O)C(c2nc3ccccc3s2)C2CCCC2)cc1Cl. The molecule has 2 aromatic carbocycles. The molecule has 30 heavy (non-hydrogen) atoms. The molecular weight excluding hydrogens is 440 g/mol. The number of hydrogen-bond donors (Lipinski definition) is 1. The lowest BCUT2D eigenvalue weighted by atomic mass is 9.77. The first-order valence-corrected chi connectivity index (χ1v) is 13.0. The number of thiazole rings is 1. The molecule has 0 radical (unpaired) electrons. The number of fused-ring (bicyclic) bond motifs is 1. The third-order valence-corrected chi connectivity index (χ3v) is 8.60. The van der Waals surface area contributed by atoms with Gasteiger partial charge in [0.1, 0.15) is 0 Å². The lowest BCUT2D eigenvalue weighted by Gasteiger charge is -2.29. The Kier molecular flexibility index (Phi) is 5.88. The summed E-state index contributed by atoms with van der Waals surface area (Å²) in [6.07, 6.45) is 5.37. The van der Waals surface area contributed by atoms with Gasteiger partial charge >= 0.3 is 0 Å². The molecule has 5 nitrogen and oxygen atoms in total. The van der Waals surface area contributed by atoms with Crippen LogP contribution in [-0.2, 0) is 14.6 Å². The molecule has 1 heterocycles. The van der Waals surface area contributed by atoms with Crippen LogP contribution in [0.3, 0.4) is 0 Å². The molecule has 0 bridgehead atoms. The molecule has 1 aliphatic carbocycles. The van der Waals surface area contributed by atoms with E-state index in [0.717, 1.165) is 47.2 Å². The summed E-state index contributed by atoms with van der Waals surface area (Å²) in [6.45, 7) is 0. The second-order valence-electron chi connectivity index (χ2n) is 7.93. The van der Waals surface area contributed by atoms with Crippen LogP contribution in [0, 0.1) is 5.92 Å². The van der Waals surface area contributed by atoms with Crippen molar-refractivity contribution in [2.75, 3.05) is 6.26 Å². The predicted octanol–water partition coefficient (Wildman–Crippen LogP) is 4.90. The Labute approximate surface area is 185 Å².